The Labute approximate surface area is 154 Å². The Hall–Kier alpha value is -2.11. The number of aromatic nitrogens is 1. The first-order valence-corrected chi connectivity index (χ1v) is 9.62. The average molecular weight is 359 g/mol. The lowest BCUT2D eigenvalue weighted by molar-refractivity contribution is -0.121. The number of nitrogens with one attached hydrogen (secondary N) is 1. The van der Waals surface area contributed by atoms with E-state index in [0.717, 1.165) is 49.9 Å². The fraction of sp³-hybridized carbons (Fsp3) is 0.650. The number of rotatable bonds is 2. The van der Waals surface area contributed by atoms with Crippen LogP contribution in [0.2, 0.25) is 0 Å². The number of nitrogens with zero attached hydrogens (tertiary/aromatic N) is 2. The molecule has 0 aromatic carbocycles. The van der Waals surface area contributed by atoms with Gasteiger partial charge in [0.25, 0.3) is 11.5 Å². The maximum Gasteiger partial charge on any atom is 0.263 e. The average Bonchev–Trinajstić information content (AvgIpc) is 2.81. The van der Waals surface area contributed by atoms with Crippen LogP contribution >= 0.6 is 0 Å². The molecular weight excluding hydrogens is 330 g/mol. The first-order chi connectivity index (χ1) is 12.4. The van der Waals surface area contributed by atoms with Crippen LogP contribution in [0.4, 0.5) is 0 Å². The number of pyridine rings is 1. The fourth-order valence-corrected chi connectivity index (χ4v) is 4.51. The minimum atomic E-state index is -0.206. The third kappa shape index (κ3) is 3.41. The molecule has 3 rings (SSSR count). The normalized spacial score (nSPS) is 20.0. The first kappa shape index (κ1) is 18.7. The molecular formula is C20H29N3O3. The zero-order chi connectivity index (χ0) is 18.9. The molecule has 142 valence electrons. The summed E-state index contributed by atoms with van der Waals surface area (Å²) in [4.78, 5) is 39.0. The third-order valence-corrected chi connectivity index (χ3v) is 6.29. The number of carbonyl (C=O) groups is 2. The lowest BCUT2D eigenvalue weighted by Gasteiger charge is -2.41. The molecule has 0 bridgehead atoms. The van der Waals surface area contributed by atoms with Gasteiger partial charge in [-0.05, 0) is 56.1 Å². The van der Waals surface area contributed by atoms with Crippen molar-refractivity contribution in [3.8, 4) is 0 Å². The van der Waals surface area contributed by atoms with Gasteiger partial charge in [0.2, 0.25) is 5.91 Å². The van der Waals surface area contributed by atoms with Gasteiger partial charge in [0.1, 0.15) is 5.56 Å². The fourth-order valence-electron chi connectivity index (χ4n) is 4.51. The standard InChI is InChI=1S/C20H29N3O3/c1-4-16-14(2)13-15(18(25)22(16)3)19(26)23-11-8-20(9-12-23)6-5-17(24)21-10-7-20/h13H,4-12H2,1-3H3,(H,21,24). The van der Waals surface area contributed by atoms with E-state index in [1.54, 1.807) is 17.7 Å². The number of amides is 2. The second-order valence-corrected chi connectivity index (χ2v) is 7.80. The molecule has 1 N–H and O–H groups in total. The molecule has 2 fully saturated rings. The van der Waals surface area contributed by atoms with Gasteiger partial charge in [-0.25, -0.2) is 0 Å². The van der Waals surface area contributed by atoms with Gasteiger partial charge in [-0.15, -0.1) is 0 Å². The molecule has 2 aliphatic rings. The molecule has 26 heavy (non-hydrogen) atoms. The molecule has 1 spiro atoms. The Kier molecular flexibility index (Phi) is 5.21. The predicted molar refractivity (Wildman–Crippen MR) is 100 cm³/mol. The summed E-state index contributed by atoms with van der Waals surface area (Å²) in [7, 11) is 1.74. The summed E-state index contributed by atoms with van der Waals surface area (Å²) in [6.45, 7) is 6.01. The van der Waals surface area contributed by atoms with E-state index in [2.05, 4.69) is 5.32 Å². The SMILES string of the molecule is CCc1c(C)cc(C(=O)N2CCC3(CCNC(=O)CC3)CC2)c(=O)n1C. The van der Waals surface area contributed by atoms with E-state index in [4.69, 9.17) is 0 Å². The van der Waals surface area contributed by atoms with E-state index >= 15 is 0 Å². The highest BCUT2D eigenvalue weighted by atomic mass is 16.2. The second kappa shape index (κ2) is 7.25. The summed E-state index contributed by atoms with van der Waals surface area (Å²) >= 11 is 0. The quantitative estimate of drug-likeness (QED) is 0.875. The van der Waals surface area contributed by atoms with Crippen molar-refractivity contribution in [3.63, 3.8) is 0 Å². The van der Waals surface area contributed by atoms with E-state index in [-0.39, 0.29) is 28.4 Å². The molecule has 1 aromatic rings. The third-order valence-electron chi connectivity index (χ3n) is 6.29. The number of carbonyl (C=O) groups excluding carboxylic acids is 2. The van der Waals surface area contributed by atoms with Crippen molar-refractivity contribution in [2.24, 2.45) is 12.5 Å². The van der Waals surface area contributed by atoms with E-state index in [0.29, 0.717) is 19.5 Å². The molecule has 2 amide bonds. The highest BCUT2D eigenvalue weighted by Gasteiger charge is 2.37. The maximum atomic E-state index is 13.0. The molecule has 0 radical (unpaired) electrons. The number of likely N-dealkylation sites (tertiary alicyclic amines) is 1. The van der Waals surface area contributed by atoms with Crippen LogP contribution in [-0.4, -0.2) is 40.9 Å². The van der Waals surface area contributed by atoms with Crippen LogP contribution in [0.25, 0.3) is 0 Å². The zero-order valence-corrected chi connectivity index (χ0v) is 16.1. The van der Waals surface area contributed by atoms with Crippen molar-refractivity contribution in [1.29, 1.82) is 0 Å². The van der Waals surface area contributed by atoms with E-state index in [1.807, 2.05) is 18.7 Å². The summed E-state index contributed by atoms with van der Waals surface area (Å²) in [6.07, 6.45) is 5.02. The number of hydrogen-bond donors (Lipinski definition) is 1. The van der Waals surface area contributed by atoms with Crippen LogP contribution in [0.5, 0.6) is 0 Å². The van der Waals surface area contributed by atoms with Gasteiger partial charge in [-0.1, -0.05) is 6.92 Å². The molecule has 0 atom stereocenters. The summed E-state index contributed by atoms with van der Waals surface area (Å²) in [6, 6.07) is 1.75. The van der Waals surface area contributed by atoms with Crippen LogP contribution in [0.15, 0.2) is 10.9 Å². The Morgan fingerprint density at radius 2 is 1.88 bits per heavy atom. The van der Waals surface area contributed by atoms with Crippen molar-refractivity contribution >= 4 is 11.8 Å². The minimum Gasteiger partial charge on any atom is -0.356 e. The van der Waals surface area contributed by atoms with Crippen LogP contribution < -0.4 is 10.9 Å². The predicted octanol–water partition coefficient (Wildman–Crippen LogP) is 1.78. The Balaban J connectivity index is 1.75. The van der Waals surface area contributed by atoms with Crippen LogP contribution in [-0.2, 0) is 18.3 Å². The Morgan fingerprint density at radius 3 is 2.54 bits per heavy atom. The summed E-state index contributed by atoms with van der Waals surface area (Å²) in [5, 5.41) is 2.94. The van der Waals surface area contributed by atoms with Gasteiger partial charge >= 0.3 is 0 Å². The largest absolute Gasteiger partial charge is 0.356 e. The maximum absolute atomic E-state index is 13.0. The highest BCUT2D eigenvalue weighted by Crippen LogP contribution is 2.40. The van der Waals surface area contributed by atoms with Crippen molar-refractivity contribution in [1.82, 2.24) is 14.8 Å². The summed E-state index contributed by atoms with van der Waals surface area (Å²) in [5.74, 6) is -0.0237. The highest BCUT2D eigenvalue weighted by molar-refractivity contribution is 5.94. The van der Waals surface area contributed by atoms with Crippen LogP contribution in [0, 0.1) is 12.3 Å². The second-order valence-electron chi connectivity index (χ2n) is 7.80. The van der Waals surface area contributed by atoms with Crippen molar-refractivity contribution in [2.75, 3.05) is 19.6 Å². The summed E-state index contributed by atoms with van der Waals surface area (Å²) < 4.78 is 1.61. The van der Waals surface area contributed by atoms with Crippen molar-refractivity contribution in [3.05, 3.63) is 33.2 Å². The lowest BCUT2D eigenvalue weighted by atomic mass is 9.73. The number of hydrogen-bond acceptors (Lipinski definition) is 3. The topological polar surface area (TPSA) is 71.4 Å². The molecule has 6 nitrogen and oxygen atoms in total. The smallest absolute Gasteiger partial charge is 0.263 e. The monoisotopic (exact) mass is 359 g/mol. The lowest BCUT2D eigenvalue weighted by Crippen LogP contribution is -2.45. The van der Waals surface area contributed by atoms with Crippen molar-refractivity contribution in [2.45, 2.75) is 52.4 Å². The molecule has 6 heteroatoms. The Bertz CT molecular complexity index is 773. The Morgan fingerprint density at radius 1 is 1.19 bits per heavy atom. The minimum absolute atomic E-state index is 0.135. The van der Waals surface area contributed by atoms with E-state index < -0.39 is 0 Å². The van der Waals surface area contributed by atoms with Gasteiger partial charge < -0.3 is 14.8 Å². The molecule has 0 unspecified atom stereocenters. The molecule has 0 saturated carbocycles. The van der Waals surface area contributed by atoms with Gasteiger partial charge in [-0.2, -0.15) is 0 Å². The molecule has 1 aromatic heterocycles. The van der Waals surface area contributed by atoms with Gasteiger partial charge in [0.15, 0.2) is 0 Å². The van der Waals surface area contributed by atoms with Crippen LogP contribution in [0.3, 0.4) is 0 Å². The van der Waals surface area contributed by atoms with Gasteiger partial charge in [-0.3, -0.25) is 14.4 Å². The van der Waals surface area contributed by atoms with Crippen LogP contribution in [0.1, 0.15) is 60.6 Å². The number of aryl methyl sites for hydroxylation is 1. The summed E-state index contributed by atoms with van der Waals surface area (Å²) in [5.41, 5.74) is 2.18. The first-order valence-electron chi connectivity index (χ1n) is 9.62. The molecule has 3 heterocycles. The van der Waals surface area contributed by atoms with E-state index in [9.17, 15) is 14.4 Å². The number of piperidine rings is 1. The molecule has 2 aliphatic heterocycles. The zero-order valence-electron chi connectivity index (χ0n) is 16.1. The van der Waals surface area contributed by atoms with Crippen molar-refractivity contribution < 1.29 is 9.59 Å². The van der Waals surface area contributed by atoms with Gasteiger partial charge in [0.05, 0.1) is 0 Å². The molecule has 0 aliphatic carbocycles. The van der Waals surface area contributed by atoms with E-state index in [1.165, 1.54) is 0 Å². The van der Waals surface area contributed by atoms with Gasteiger partial charge in [0, 0.05) is 38.8 Å². The molecule has 2 saturated heterocycles.